The maximum Gasteiger partial charge on any atom is 0.251 e. The van der Waals surface area contributed by atoms with Gasteiger partial charge in [-0.15, -0.1) is 0 Å². The van der Waals surface area contributed by atoms with Crippen molar-refractivity contribution in [3.05, 3.63) is 52.6 Å². The number of nitrogens with one attached hydrogen (secondary N) is 1. The summed E-state index contributed by atoms with van der Waals surface area (Å²) in [5, 5.41) is 2.91. The molecule has 0 aliphatic rings. The number of hydrogen-bond donors (Lipinski definition) is 1. The first-order chi connectivity index (χ1) is 11.5. The highest BCUT2D eigenvalue weighted by Gasteiger charge is 2.16. The largest absolute Gasteiger partial charge is 0.493 e. The molecule has 24 heavy (non-hydrogen) atoms. The number of aryl methyl sites for hydroxylation is 2. The summed E-state index contributed by atoms with van der Waals surface area (Å²) in [6.07, 6.45) is 0. The second-order valence-corrected chi connectivity index (χ2v) is 5.52. The van der Waals surface area contributed by atoms with Crippen molar-refractivity contribution < 1.29 is 19.0 Å². The molecule has 2 aromatic carbocycles. The Labute approximate surface area is 142 Å². The van der Waals surface area contributed by atoms with Gasteiger partial charge in [0.25, 0.3) is 5.91 Å². The number of carbonyl (C=O) groups excluding carboxylic acids is 1. The summed E-state index contributed by atoms with van der Waals surface area (Å²) in [7, 11) is 4.57. The predicted octanol–water partition coefficient (Wildman–Crippen LogP) is 3.26. The van der Waals surface area contributed by atoms with Gasteiger partial charge in [-0.1, -0.05) is 18.2 Å². The maximum atomic E-state index is 12.4. The van der Waals surface area contributed by atoms with Crippen molar-refractivity contribution in [2.75, 3.05) is 21.3 Å². The number of carbonyl (C=O) groups is 1. The smallest absolute Gasteiger partial charge is 0.251 e. The van der Waals surface area contributed by atoms with E-state index in [0.717, 1.165) is 5.56 Å². The molecule has 2 rings (SSSR count). The van der Waals surface area contributed by atoms with Gasteiger partial charge in [-0.3, -0.25) is 4.79 Å². The van der Waals surface area contributed by atoms with Gasteiger partial charge in [0, 0.05) is 12.1 Å². The molecule has 5 nitrogen and oxygen atoms in total. The SMILES string of the molecule is COc1cc(C(=O)NCc2ccc(C)c(C)c2)cc(OC)c1OC. The molecule has 0 radical (unpaired) electrons. The lowest BCUT2D eigenvalue weighted by Gasteiger charge is -2.14. The Bertz CT molecular complexity index is 715. The van der Waals surface area contributed by atoms with E-state index in [2.05, 4.69) is 31.3 Å². The number of methoxy groups -OCH3 is 3. The van der Waals surface area contributed by atoms with E-state index in [-0.39, 0.29) is 5.91 Å². The van der Waals surface area contributed by atoms with E-state index in [4.69, 9.17) is 14.2 Å². The summed E-state index contributed by atoms with van der Waals surface area (Å²) in [5.41, 5.74) is 3.94. The summed E-state index contributed by atoms with van der Waals surface area (Å²) < 4.78 is 15.8. The number of amides is 1. The normalized spacial score (nSPS) is 10.2. The fourth-order valence-electron chi connectivity index (χ4n) is 2.41. The van der Waals surface area contributed by atoms with Crippen LogP contribution in [0.2, 0.25) is 0 Å². The van der Waals surface area contributed by atoms with E-state index in [1.54, 1.807) is 12.1 Å². The van der Waals surface area contributed by atoms with Crippen LogP contribution in [0.5, 0.6) is 17.2 Å². The Morgan fingerprint density at radius 3 is 2.04 bits per heavy atom. The minimum absolute atomic E-state index is 0.201. The Hall–Kier alpha value is -2.69. The number of benzene rings is 2. The van der Waals surface area contributed by atoms with E-state index >= 15 is 0 Å². The summed E-state index contributed by atoms with van der Waals surface area (Å²) in [4.78, 5) is 12.4. The number of rotatable bonds is 6. The van der Waals surface area contributed by atoms with E-state index in [1.807, 2.05) is 6.07 Å². The summed E-state index contributed by atoms with van der Waals surface area (Å²) in [5.74, 6) is 1.17. The van der Waals surface area contributed by atoms with Crippen molar-refractivity contribution >= 4 is 5.91 Å². The van der Waals surface area contributed by atoms with Crippen molar-refractivity contribution in [1.29, 1.82) is 0 Å². The monoisotopic (exact) mass is 329 g/mol. The topological polar surface area (TPSA) is 56.8 Å². The van der Waals surface area contributed by atoms with Crippen molar-refractivity contribution in [1.82, 2.24) is 5.32 Å². The Morgan fingerprint density at radius 1 is 0.917 bits per heavy atom. The Balaban J connectivity index is 2.18. The lowest BCUT2D eigenvalue weighted by molar-refractivity contribution is 0.0950. The molecule has 2 aromatic rings. The molecular formula is C19H23NO4. The van der Waals surface area contributed by atoms with Crippen LogP contribution in [0.1, 0.15) is 27.0 Å². The highest BCUT2D eigenvalue weighted by Crippen LogP contribution is 2.38. The number of ether oxygens (including phenoxy) is 3. The molecule has 0 fully saturated rings. The van der Waals surface area contributed by atoms with Gasteiger partial charge in [-0.2, -0.15) is 0 Å². The minimum atomic E-state index is -0.201. The van der Waals surface area contributed by atoms with Gasteiger partial charge in [0.1, 0.15) is 0 Å². The molecule has 0 bridgehead atoms. The summed E-state index contributed by atoms with van der Waals surface area (Å²) in [6, 6.07) is 9.41. The minimum Gasteiger partial charge on any atom is -0.493 e. The fourth-order valence-corrected chi connectivity index (χ4v) is 2.41. The Morgan fingerprint density at radius 2 is 1.54 bits per heavy atom. The van der Waals surface area contributed by atoms with Crippen LogP contribution in [0.15, 0.2) is 30.3 Å². The molecule has 1 amide bonds. The standard InChI is InChI=1S/C19H23NO4/c1-12-6-7-14(8-13(12)2)11-20-19(21)15-9-16(22-3)18(24-5)17(10-15)23-4/h6-10H,11H2,1-5H3,(H,20,21). The van der Waals surface area contributed by atoms with Gasteiger partial charge in [0.2, 0.25) is 5.75 Å². The number of hydrogen-bond acceptors (Lipinski definition) is 4. The molecule has 0 heterocycles. The lowest BCUT2D eigenvalue weighted by Crippen LogP contribution is -2.23. The molecule has 0 saturated carbocycles. The van der Waals surface area contributed by atoms with Gasteiger partial charge in [0.15, 0.2) is 11.5 Å². The van der Waals surface area contributed by atoms with Crippen molar-refractivity contribution in [3.8, 4) is 17.2 Å². The van der Waals surface area contributed by atoms with Crippen molar-refractivity contribution in [2.24, 2.45) is 0 Å². The van der Waals surface area contributed by atoms with Crippen LogP contribution in [-0.4, -0.2) is 27.2 Å². The zero-order valence-corrected chi connectivity index (χ0v) is 14.7. The first kappa shape index (κ1) is 17.7. The fraction of sp³-hybridized carbons (Fsp3) is 0.316. The molecule has 0 aromatic heterocycles. The molecule has 128 valence electrons. The quantitative estimate of drug-likeness (QED) is 0.884. The van der Waals surface area contributed by atoms with Crippen molar-refractivity contribution in [2.45, 2.75) is 20.4 Å². The van der Waals surface area contributed by atoms with Gasteiger partial charge in [-0.05, 0) is 42.7 Å². The van der Waals surface area contributed by atoms with E-state index in [9.17, 15) is 4.79 Å². The van der Waals surface area contributed by atoms with Crippen molar-refractivity contribution in [3.63, 3.8) is 0 Å². The van der Waals surface area contributed by atoms with Crippen LogP contribution in [0.25, 0.3) is 0 Å². The lowest BCUT2D eigenvalue weighted by atomic mass is 10.1. The molecule has 5 heteroatoms. The molecule has 0 saturated heterocycles. The first-order valence-corrected chi connectivity index (χ1v) is 7.64. The van der Waals surface area contributed by atoms with Gasteiger partial charge in [-0.25, -0.2) is 0 Å². The molecular weight excluding hydrogens is 306 g/mol. The van der Waals surface area contributed by atoms with E-state index in [1.165, 1.54) is 32.5 Å². The average Bonchev–Trinajstić information content (AvgIpc) is 2.60. The van der Waals surface area contributed by atoms with Crippen LogP contribution < -0.4 is 19.5 Å². The zero-order valence-electron chi connectivity index (χ0n) is 14.7. The van der Waals surface area contributed by atoms with Crippen LogP contribution in [-0.2, 0) is 6.54 Å². The third kappa shape index (κ3) is 3.79. The highest BCUT2D eigenvalue weighted by atomic mass is 16.5. The third-order valence-electron chi connectivity index (χ3n) is 3.95. The average molecular weight is 329 g/mol. The van der Waals surface area contributed by atoms with Crippen LogP contribution in [0.4, 0.5) is 0 Å². The Kier molecular flexibility index (Phi) is 5.68. The molecule has 0 aliphatic carbocycles. The second-order valence-electron chi connectivity index (χ2n) is 5.52. The van der Waals surface area contributed by atoms with Gasteiger partial charge in [0.05, 0.1) is 21.3 Å². The molecule has 1 N–H and O–H groups in total. The second kappa shape index (κ2) is 7.73. The third-order valence-corrected chi connectivity index (χ3v) is 3.95. The molecule has 0 unspecified atom stereocenters. The maximum absolute atomic E-state index is 12.4. The highest BCUT2D eigenvalue weighted by molar-refractivity contribution is 5.95. The van der Waals surface area contributed by atoms with Crippen LogP contribution in [0, 0.1) is 13.8 Å². The van der Waals surface area contributed by atoms with Gasteiger partial charge < -0.3 is 19.5 Å². The van der Waals surface area contributed by atoms with Gasteiger partial charge >= 0.3 is 0 Å². The van der Waals surface area contributed by atoms with Crippen LogP contribution in [0.3, 0.4) is 0 Å². The van der Waals surface area contributed by atoms with E-state index in [0.29, 0.717) is 29.4 Å². The van der Waals surface area contributed by atoms with Crippen LogP contribution >= 0.6 is 0 Å². The molecule has 0 spiro atoms. The molecule has 0 atom stereocenters. The summed E-state index contributed by atoms with van der Waals surface area (Å²) >= 11 is 0. The summed E-state index contributed by atoms with van der Waals surface area (Å²) in [6.45, 7) is 4.57. The van der Waals surface area contributed by atoms with E-state index < -0.39 is 0 Å². The predicted molar refractivity (Wildman–Crippen MR) is 93.2 cm³/mol. The molecule has 0 aliphatic heterocycles. The zero-order chi connectivity index (χ0) is 17.7. The first-order valence-electron chi connectivity index (χ1n) is 7.64.